The molecule has 1 aromatic heterocycles. The van der Waals surface area contributed by atoms with Gasteiger partial charge >= 0.3 is 0 Å². The average Bonchev–Trinajstić information content (AvgIpc) is 2.64. The summed E-state index contributed by atoms with van der Waals surface area (Å²) in [6, 6.07) is 0. The van der Waals surface area contributed by atoms with Crippen LogP contribution in [0.25, 0.3) is 0 Å². The van der Waals surface area contributed by atoms with Gasteiger partial charge in [0.05, 0.1) is 0 Å². The monoisotopic (exact) mass is 268 g/mol. The summed E-state index contributed by atoms with van der Waals surface area (Å²) in [5, 5.41) is 3.68. The lowest BCUT2D eigenvalue weighted by atomic mass is 9.83. The van der Waals surface area contributed by atoms with E-state index in [2.05, 4.69) is 10.3 Å². The van der Waals surface area contributed by atoms with Crippen LogP contribution in [-0.4, -0.2) is 31.5 Å². The molecular weight excluding hydrogens is 248 g/mol. The molecule has 5 nitrogen and oxygen atoms in total. The second kappa shape index (κ2) is 5.56. The lowest BCUT2D eigenvalue weighted by Gasteiger charge is -2.25. The number of amides is 1. The largest absolute Gasteiger partial charge is 0.382 e. The first-order chi connectivity index (χ1) is 8.58. The molecule has 6 heteroatoms. The highest BCUT2D eigenvalue weighted by Crippen LogP contribution is 2.29. The maximum Gasteiger partial charge on any atom is 0.265 e. The molecule has 0 aliphatic heterocycles. The summed E-state index contributed by atoms with van der Waals surface area (Å²) in [6.07, 6.45) is 5.03. The van der Waals surface area contributed by atoms with Crippen molar-refractivity contribution >= 4 is 28.2 Å². The fourth-order valence-corrected chi connectivity index (χ4v) is 2.75. The number of thiazole rings is 1. The molecule has 3 N–H and O–H groups in total. The van der Waals surface area contributed by atoms with Crippen molar-refractivity contribution in [3.05, 3.63) is 4.88 Å². The van der Waals surface area contributed by atoms with Gasteiger partial charge in [0, 0.05) is 20.6 Å². The summed E-state index contributed by atoms with van der Waals surface area (Å²) in [7, 11) is 3.77. The predicted octanol–water partition coefficient (Wildman–Crippen LogP) is 1.71. The topological polar surface area (TPSA) is 71.2 Å². The van der Waals surface area contributed by atoms with Crippen LogP contribution < -0.4 is 16.0 Å². The molecule has 1 amide bonds. The van der Waals surface area contributed by atoms with Crippen molar-refractivity contribution < 1.29 is 4.79 Å². The van der Waals surface area contributed by atoms with Gasteiger partial charge in [-0.15, -0.1) is 0 Å². The van der Waals surface area contributed by atoms with Crippen LogP contribution in [-0.2, 0) is 0 Å². The van der Waals surface area contributed by atoms with Gasteiger partial charge in [-0.25, -0.2) is 4.98 Å². The normalized spacial score (nSPS) is 15.2. The summed E-state index contributed by atoms with van der Waals surface area (Å²) in [5.74, 6) is 1.03. The van der Waals surface area contributed by atoms with Crippen molar-refractivity contribution in [3.8, 4) is 0 Å². The number of hydrogen-bond acceptors (Lipinski definition) is 5. The molecule has 1 aromatic rings. The van der Waals surface area contributed by atoms with Crippen LogP contribution in [0.2, 0.25) is 0 Å². The SMILES string of the molecule is CN(C)c1nc(N)c(C(=O)NCCC2CCC2)s1. The van der Waals surface area contributed by atoms with Crippen molar-refractivity contribution in [2.45, 2.75) is 25.7 Å². The third-order valence-electron chi connectivity index (χ3n) is 3.29. The lowest BCUT2D eigenvalue weighted by Crippen LogP contribution is -2.27. The van der Waals surface area contributed by atoms with Gasteiger partial charge in [0.25, 0.3) is 5.91 Å². The highest BCUT2D eigenvalue weighted by Gasteiger charge is 2.19. The first-order valence-electron chi connectivity index (χ1n) is 6.29. The minimum atomic E-state index is -0.0996. The molecule has 0 spiro atoms. The molecule has 0 saturated heterocycles. The Morgan fingerprint density at radius 1 is 1.56 bits per heavy atom. The first kappa shape index (κ1) is 13.1. The fourth-order valence-electron chi connectivity index (χ4n) is 1.93. The second-order valence-electron chi connectivity index (χ2n) is 4.95. The smallest absolute Gasteiger partial charge is 0.265 e. The highest BCUT2D eigenvalue weighted by molar-refractivity contribution is 7.18. The average molecular weight is 268 g/mol. The molecule has 0 atom stereocenters. The number of nitrogens with one attached hydrogen (secondary N) is 1. The maximum atomic E-state index is 12.0. The Morgan fingerprint density at radius 3 is 2.78 bits per heavy atom. The van der Waals surface area contributed by atoms with E-state index in [4.69, 9.17) is 5.73 Å². The van der Waals surface area contributed by atoms with Crippen molar-refractivity contribution in [1.29, 1.82) is 0 Å². The number of carbonyl (C=O) groups is 1. The second-order valence-corrected chi connectivity index (χ2v) is 5.92. The van der Waals surface area contributed by atoms with Crippen molar-refractivity contribution in [2.75, 3.05) is 31.3 Å². The number of carbonyl (C=O) groups excluding carboxylic acids is 1. The molecule has 1 heterocycles. The zero-order chi connectivity index (χ0) is 13.1. The molecule has 2 rings (SSSR count). The third kappa shape index (κ3) is 2.93. The van der Waals surface area contributed by atoms with Crippen LogP contribution in [0.3, 0.4) is 0 Å². The molecular formula is C12H20N4OS. The predicted molar refractivity (Wildman–Crippen MR) is 75.1 cm³/mol. The summed E-state index contributed by atoms with van der Waals surface area (Å²) in [6.45, 7) is 0.734. The highest BCUT2D eigenvalue weighted by atomic mass is 32.1. The van der Waals surface area contributed by atoms with Crippen LogP contribution in [0.5, 0.6) is 0 Å². The van der Waals surface area contributed by atoms with Crippen LogP contribution >= 0.6 is 11.3 Å². The Balaban J connectivity index is 1.87. The van der Waals surface area contributed by atoms with Gasteiger partial charge in [-0.1, -0.05) is 30.6 Å². The Morgan fingerprint density at radius 2 is 2.28 bits per heavy atom. The van der Waals surface area contributed by atoms with Crippen molar-refractivity contribution in [3.63, 3.8) is 0 Å². The fraction of sp³-hybridized carbons (Fsp3) is 0.667. The van der Waals surface area contributed by atoms with Crippen LogP contribution in [0.15, 0.2) is 0 Å². The molecule has 100 valence electrons. The minimum absolute atomic E-state index is 0.0996. The number of nitrogens with two attached hydrogens (primary N) is 1. The van der Waals surface area contributed by atoms with Crippen LogP contribution in [0.1, 0.15) is 35.4 Å². The van der Waals surface area contributed by atoms with Crippen molar-refractivity contribution in [1.82, 2.24) is 10.3 Å². The first-order valence-corrected chi connectivity index (χ1v) is 7.11. The third-order valence-corrected chi connectivity index (χ3v) is 4.53. The Bertz CT molecular complexity index is 426. The number of nitrogens with zero attached hydrogens (tertiary/aromatic N) is 2. The van der Waals surface area contributed by atoms with E-state index in [9.17, 15) is 4.79 Å². The standard InChI is InChI=1S/C12H20N4OS/c1-16(2)12-15-10(13)9(18-12)11(17)14-7-6-8-4-3-5-8/h8H,3-7,13H2,1-2H3,(H,14,17). The van der Waals surface area contributed by atoms with E-state index in [0.717, 1.165) is 24.0 Å². The summed E-state index contributed by atoms with van der Waals surface area (Å²) in [4.78, 5) is 18.5. The number of nitrogen functional groups attached to an aromatic ring is 1. The zero-order valence-electron chi connectivity index (χ0n) is 10.9. The number of rotatable bonds is 5. The van der Waals surface area contributed by atoms with Gasteiger partial charge in [-0.3, -0.25) is 4.79 Å². The maximum absolute atomic E-state index is 12.0. The quantitative estimate of drug-likeness (QED) is 0.853. The molecule has 0 unspecified atom stereocenters. The summed E-state index contributed by atoms with van der Waals surface area (Å²) in [5.41, 5.74) is 5.76. The number of anilines is 2. The van der Waals surface area contributed by atoms with E-state index in [-0.39, 0.29) is 5.91 Å². The molecule has 0 radical (unpaired) electrons. The Kier molecular flexibility index (Phi) is 4.06. The van der Waals surface area contributed by atoms with Gasteiger partial charge in [-0.05, 0) is 12.3 Å². The van der Waals surface area contributed by atoms with Gasteiger partial charge in [0.1, 0.15) is 10.7 Å². The van der Waals surface area contributed by atoms with Crippen molar-refractivity contribution in [2.24, 2.45) is 5.92 Å². The molecule has 1 fully saturated rings. The van der Waals surface area contributed by atoms with E-state index in [1.165, 1.54) is 30.6 Å². The van der Waals surface area contributed by atoms with E-state index >= 15 is 0 Å². The van der Waals surface area contributed by atoms with Gasteiger partial charge < -0.3 is 16.0 Å². The summed E-state index contributed by atoms with van der Waals surface area (Å²) < 4.78 is 0. The summed E-state index contributed by atoms with van der Waals surface area (Å²) >= 11 is 1.33. The molecule has 1 saturated carbocycles. The van der Waals surface area contributed by atoms with Gasteiger partial charge in [0.15, 0.2) is 5.13 Å². The van der Waals surface area contributed by atoms with E-state index in [1.54, 1.807) is 0 Å². The number of hydrogen-bond donors (Lipinski definition) is 2. The minimum Gasteiger partial charge on any atom is -0.382 e. The molecule has 0 bridgehead atoms. The Hall–Kier alpha value is -1.30. The molecule has 1 aliphatic rings. The van der Waals surface area contributed by atoms with Crippen LogP contribution in [0.4, 0.5) is 10.9 Å². The number of aromatic nitrogens is 1. The molecule has 1 aliphatic carbocycles. The molecule has 0 aromatic carbocycles. The lowest BCUT2D eigenvalue weighted by molar-refractivity contribution is 0.0953. The van der Waals surface area contributed by atoms with Gasteiger partial charge in [0.2, 0.25) is 0 Å². The Labute approximate surface area is 111 Å². The zero-order valence-corrected chi connectivity index (χ0v) is 11.7. The molecule has 18 heavy (non-hydrogen) atoms. The van der Waals surface area contributed by atoms with Gasteiger partial charge in [-0.2, -0.15) is 0 Å². The van der Waals surface area contributed by atoms with E-state index in [1.807, 2.05) is 19.0 Å². The van der Waals surface area contributed by atoms with E-state index < -0.39 is 0 Å². The van der Waals surface area contributed by atoms with E-state index in [0.29, 0.717) is 10.7 Å². The van der Waals surface area contributed by atoms with Crippen LogP contribution in [0, 0.1) is 5.92 Å².